The highest BCUT2D eigenvalue weighted by atomic mass is 35.5. The monoisotopic (exact) mass is 314 g/mol. The fraction of sp³-hybridized carbons (Fsp3) is 0.429. The van der Waals surface area contributed by atoms with Crippen molar-refractivity contribution in [3.8, 4) is 5.75 Å². The molecule has 2 N–H and O–H groups in total. The van der Waals surface area contributed by atoms with E-state index in [1.807, 2.05) is 0 Å². The summed E-state index contributed by atoms with van der Waals surface area (Å²) in [5, 5.41) is 5.53. The van der Waals surface area contributed by atoms with Crippen molar-refractivity contribution >= 4 is 29.1 Å². The fourth-order valence-electron chi connectivity index (χ4n) is 1.61. The van der Waals surface area contributed by atoms with Crippen LogP contribution in [0.4, 0.5) is 5.69 Å². The molecule has 7 heteroatoms. The normalized spacial score (nSPS) is 10.1. The van der Waals surface area contributed by atoms with Gasteiger partial charge in [0, 0.05) is 31.4 Å². The van der Waals surface area contributed by atoms with Crippen LogP contribution in [0, 0.1) is 6.92 Å². The average Bonchev–Trinajstić information content (AvgIpc) is 2.46. The molecule has 0 spiro atoms. The number of carbonyl (C=O) groups excluding carboxylic acids is 2. The Morgan fingerprint density at radius 2 is 1.95 bits per heavy atom. The molecule has 0 bridgehead atoms. The third-order valence-corrected chi connectivity index (χ3v) is 3.15. The predicted octanol–water partition coefficient (Wildman–Crippen LogP) is 1.75. The van der Waals surface area contributed by atoms with E-state index < -0.39 is 11.8 Å². The second-order valence-electron chi connectivity index (χ2n) is 4.36. The molecule has 1 aromatic carbocycles. The number of anilines is 1. The van der Waals surface area contributed by atoms with Crippen molar-refractivity contribution in [3.05, 3.63) is 22.7 Å². The lowest BCUT2D eigenvalue weighted by atomic mass is 10.2. The van der Waals surface area contributed by atoms with Gasteiger partial charge in [-0.1, -0.05) is 11.6 Å². The number of hydrogen-bond donors (Lipinski definition) is 2. The van der Waals surface area contributed by atoms with E-state index in [0.717, 1.165) is 5.56 Å². The number of ether oxygens (including phenoxy) is 2. The highest BCUT2D eigenvalue weighted by Gasteiger charge is 2.16. The van der Waals surface area contributed by atoms with Gasteiger partial charge < -0.3 is 20.1 Å². The first-order chi connectivity index (χ1) is 9.99. The molecule has 0 atom stereocenters. The maximum atomic E-state index is 11.8. The van der Waals surface area contributed by atoms with Gasteiger partial charge in [-0.15, -0.1) is 0 Å². The van der Waals surface area contributed by atoms with E-state index >= 15 is 0 Å². The summed E-state index contributed by atoms with van der Waals surface area (Å²) >= 11 is 5.98. The largest absolute Gasteiger partial charge is 0.495 e. The SMILES string of the molecule is COCCCNC(=O)C(=O)Nc1cc(C)c(Cl)cc1OC. The lowest BCUT2D eigenvalue weighted by molar-refractivity contribution is -0.136. The van der Waals surface area contributed by atoms with Crippen LogP contribution in [-0.2, 0) is 14.3 Å². The number of methoxy groups -OCH3 is 2. The van der Waals surface area contributed by atoms with Crippen LogP contribution in [0.3, 0.4) is 0 Å². The van der Waals surface area contributed by atoms with Gasteiger partial charge in [0.2, 0.25) is 0 Å². The van der Waals surface area contributed by atoms with Crippen molar-refractivity contribution in [3.63, 3.8) is 0 Å². The summed E-state index contributed by atoms with van der Waals surface area (Å²) in [6, 6.07) is 3.24. The van der Waals surface area contributed by atoms with E-state index in [0.29, 0.717) is 36.0 Å². The van der Waals surface area contributed by atoms with Gasteiger partial charge in [-0.25, -0.2) is 0 Å². The minimum absolute atomic E-state index is 0.372. The minimum Gasteiger partial charge on any atom is -0.495 e. The van der Waals surface area contributed by atoms with E-state index in [1.54, 1.807) is 26.2 Å². The average molecular weight is 315 g/mol. The number of carbonyl (C=O) groups is 2. The Kier molecular flexibility index (Phi) is 6.98. The van der Waals surface area contributed by atoms with Gasteiger partial charge in [0.25, 0.3) is 0 Å². The summed E-state index contributed by atoms with van der Waals surface area (Å²) in [6.07, 6.45) is 0.638. The number of benzene rings is 1. The quantitative estimate of drug-likeness (QED) is 0.619. The predicted molar refractivity (Wildman–Crippen MR) is 80.9 cm³/mol. The Bertz CT molecular complexity index is 520. The smallest absolute Gasteiger partial charge is 0.313 e. The molecule has 6 nitrogen and oxygen atoms in total. The minimum atomic E-state index is -0.757. The van der Waals surface area contributed by atoms with Crippen LogP contribution in [0.25, 0.3) is 0 Å². The fourth-order valence-corrected chi connectivity index (χ4v) is 1.76. The number of halogens is 1. The number of nitrogens with one attached hydrogen (secondary N) is 2. The standard InChI is InChI=1S/C14H19ClN2O4/c1-9-7-11(12(21-3)8-10(9)15)17-14(19)13(18)16-5-4-6-20-2/h7-8H,4-6H2,1-3H3,(H,16,18)(H,17,19). The van der Waals surface area contributed by atoms with Crippen LogP contribution >= 0.6 is 11.6 Å². The van der Waals surface area contributed by atoms with Crippen LogP contribution < -0.4 is 15.4 Å². The topological polar surface area (TPSA) is 76.7 Å². The van der Waals surface area contributed by atoms with E-state index in [-0.39, 0.29) is 0 Å². The zero-order valence-corrected chi connectivity index (χ0v) is 13.0. The Morgan fingerprint density at radius 1 is 1.24 bits per heavy atom. The summed E-state index contributed by atoms with van der Waals surface area (Å²) < 4.78 is 9.98. The molecule has 0 heterocycles. The number of hydrogen-bond acceptors (Lipinski definition) is 4. The molecule has 0 fully saturated rings. The lowest BCUT2D eigenvalue weighted by Gasteiger charge is -2.12. The molecule has 0 aromatic heterocycles. The molecule has 0 saturated heterocycles. The second-order valence-corrected chi connectivity index (χ2v) is 4.77. The molecule has 21 heavy (non-hydrogen) atoms. The highest BCUT2D eigenvalue weighted by Crippen LogP contribution is 2.30. The van der Waals surface area contributed by atoms with Crippen molar-refractivity contribution in [2.45, 2.75) is 13.3 Å². The Labute approximate surface area is 128 Å². The first kappa shape index (κ1) is 17.3. The van der Waals surface area contributed by atoms with Crippen LogP contribution in [0.15, 0.2) is 12.1 Å². The maximum absolute atomic E-state index is 11.8. The van der Waals surface area contributed by atoms with Crippen molar-refractivity contribution in [2.24, 2.45) is 0 Å². The number of aryl methyl sites for hydroxylation is 1. The summed E-state index contributed by atoms with van der Waals surface area (Å²) in [7, 11) is 3.03. The Morgan fingerprint density at radius 3 is 2.57 bits per heavy atom. The number of amides is 2. The Balaban J connectivity index is 2.65. The van der Waals surface area contributed by atoms with Crippen molar-refractivity contribution in [2.75, 3.05) is 32.7 Å². The van der Waals surface area contributed by atoms with Crippen LogP contribution in [0.5, 0.6) is 5.75 Å². The van der Waals surface area contributed by atoms with Gasteiger partial charge in [0.1, 0.15) is 5.75 Å². The first-order valence-electron chi connectivity index (χ1n) is 6.41. The summed E-state index contributed by atoms with van der Waals surface area (Å²) in [5.74, 6) is -1.07. The maximum Gasteiger partial charge on any atom is 0.313 e. The molecule has 116 valence electrons. The van der Waals surface area contributed by atoms with Crippen LogP contribution in [0.1, 0.15) is 12.0 Å². The summed E-state index contributed by atoms with van der Waals surface area (Å²) in [5.41, 5.74) is 1.17. The van der Waals surface area contributed by atoms with Gasteiger partial charge in [-0.3, -0.25) is 9.59 Å². The second kappa shape index (κ2) is 8.49. The van der Waals surface area contributed by atoms with Crippen molar-refractivity contribution in [1.29, 1.82) is 0 Å². The van der Waals surface area contributed by atoms with Crippen molar-refractivity contribution in [1.82, 2.24) is 5.32 Å². The van der Waals surface area contributed by atoms with E-state index in [9.17, 15) is 9.59 Å². The van der Waals surface area contributed by atoms with Crippen molar-refractivity contribution < 1.29 is 19.1 Å². The molecular weight excluding hydrogens is 296 g/mol. The zero-order valence-electron chi connectivity index (χ0n) is 12.3. The third kappa shape index (κ3) is 5.24. The molecule has 2 amide bonds. The number of rotatable bonds is 6. The molecule has 0 aliphatic carbocycles. The van der Waals surface area contributed by atoms with Gasteiger partial charge in [0.05, 0.1) is 12.8 Å². The van der Waals surface area contributed by atoms with Gasteiger partial charge in [-0.2, -0.15) is 0 Å². The zero-order chi connectivity index (χ0) is 15.8. The van der Waals surface area contributed by atoms with E-state index in [4.69, 9.17) is 21.1 Å². The molecule has 0 aliphatic rings. The first-order valence-corrected chi connectivity index (χ1v) is 6.79. The van der Waals surface area contributed by atoms with E-state index in [2.05, 4.69) is 10.6 Å². The molecule has 1 rings (SSSR count). The molecule has 0 aliphatic heterocycles. The van der Waals surface area contributed by atoms with E-state index in [1.165, 1.54) is 7.11 Å². The third-order valence-electron chi connectivity index (χ3n) is 2.75. The van der Waals surface area contributed by atoms with Crippen LogP contribution in [0.2, 0.25) is 5.02 Å². The summed E-state index contributed by atoms with van der Waals surface area (Å²) in [4.78, 5) is 23.4. The molecule has 0 saturated carbocycles. The molecule has 0 radical (unpaired) electrons. The lowest BCUT2D eigenvalue weighted by Crippen LogP contribution is -2.36. The Hall–Kier alpha value is -1.79. The molecule has 0 unspecified atom stereocenters. The summed E-state index contributed by atoms with van der Waals surface area (Å²) in [6.45, 7) is 2.69. The highest BCUT2D eigenvalue weighted by molar-refractivity contribution is 6.40. The van der Waals surface area contributed by atoms with Gasteiger partial charge in [0.15, 0.2) is 0 Å². The van der Waals surface area contributed by atoms with Gasteiger partial charge in [-0.05, 0) is 25.0 Å². The van der Waals surface area contributed by atoms with Gasteiger partial charge >= 0.3 is 11.8 Å². The molecular formula is C14H19ClN2O4. The van der Waals surface area contributed by atoms with Crippen LogP contribution in [-0.4, -0.2) is 39.2 Å². The molecule has 1 aromatic rings.